The molecule has 1 fully saturated rings. The lowest BCUT2D eigenvalue weighted by Gasteiger charge is -2.15. The number of hydrogen-bond donors (Lipinski definition) is 0. The molecule has 1 aromatic rings. The van der Waals surface area contributed by atoms with Crippen molar-refractivity contribution in [2.45, 2.75) is 58.0 Å². The van der Waals surface area contributed by atoms with Crippen molar-refractivity contribution >= 4 is 11.9 Å². The second-order valence-electron chi connectivity index (χ2n) is 7.98. The second-order valence-corrected chi connectivity index (χ2v) is 7.98. The smallest absolute Gasteiger partial charge is 0.338 e. The minimum Gasteiger partial charge on any atom is -0.469 e. The molecule has 172 valence electrons. The molecule has 0 spiro atoms. The molecular formula is C28H36O4. The first-order valence-corrected chi connectivity index (χ1v) is 11.6. The van der Waals surface area contributed by atoms with Gasteiger partial charge in [-0.05, 0) is 56.6 Å². The molecule has 4 nitrogen and oxygen atoms in total. The number of esters is 2. The van der Waals surface area contributed by atoms with Gasteiger partial charge in [0.2, 0.25) is 0 Å². The lowest BCUT2D eigenvalue weighted by molar-refractivity contribution is -0.140. The Hall–Kier alpha value is -2.88. The molecule has 0 bridgehead atoms. The highest BCUT2D eigenvalue weighted by Crippen LogP contribution is 2.44. The van der Waals surface area contributed by atoms with Crippen LogP contribution in [0.2, 0.25) is 0 Å². The first kappa shape index (κ1) is 25.4. The normalized spacial score (nSPS) is 19.2. The highest BCUT2D eigenvalue weighted by Gasteiger charge is 2.42. The van der Waals surface area contributed by atoms with Gasteiger partial charge in [-0.2, -0.15) is 0 Å². The zero-order valence-electron chi connectivity index (χ0n) is 19.3. The number of unbranched alkanes of at least 4 members (excludes halogenated alkanes) is 1. The minimum absolute atomic E-state index is 0.0159. The van der Waals surface area contributed by atoms with Crippen LogP contribution in [0.4, 0.5) is 0 Å². The molecule has 1 aliphatic carbocycles. The van der Waals surface area contributed by atoms with Crippen LogP contribution in [0.25, 0.3) is 0 Å². The summed E-state index contributed by atoms with van der Waals surface area (Å²) in [6.07, 6.45) is 23.0. The predicted molar refractivity (Wildman–Crippen MR) is 129 cm³/mol. The molecule has 1 aliphatic rings. The number of methoxy groups -OCH3 is 1. The summed E-state index contributed by atoms with van der Waals surface area (Å²) in [6.45, 7) is 2.08. The van der Waals surface area contributed by atoms with Crippen LogP contribution in [0.15, 0.2) is 78.9 Å². The van der Waals surface area contributed by atoms with Crippen molar-refractivity contribution in [3.63, 3.8) is 0 Å². The number of carbonyl (C=O) groups excluding carboxylic acids is 2. The fourth-order valence-electron chi connectivity index (χ4n) is 3.53. The van der Waals surface area contributed by atoms with Gasteiger partial charge in [0, 0.05) is 12.3 Å². The van der Waals surface area contributed by atoms with E-state index in [-0.39, 0.29) is 18.0 Å². The first-order valence-electron chi connectivity index (χ1n) is 11.6. The van der Waals surface area contributed by atoms with Gasteiger partial charge in [-0.15, -0.1) is 0 Å². The van der Waals surface area contributed by atoms with Gasteiger partial charge in [-0.1, -0.05) is 73.7 Å². The number of benzene rings is 1. The Bertz CT molecular complexity index is 804. The van der Waals surface area contributed by atoms with E-state index in [9.17, 15) is 9.59 Å². The van der Waals surface area contributed by atoms with E-state index in [1.807, 2.05) is 18.2 Å². The van der Waals surface area contributed by atoms with Crippen LogP contribution in [0.5, 0.6) is 0 Å². The summed E-state index contributed by atoms with van der Waals surface area (Å²) in [7, 11) is 1.42. The lowest BCUT2D eigenvalue weighted by Crippen LogP contribution is -2.20. The van der Waals surface area contributed by atoms with Gasteiger partial charge in [0.1, 0.15) is 6.10 Å². The van der Waals surface area contributed by atoms with Crippen molar-refractivity contribution in [2.75, 3.05) is 7.11 Å². The van der Waals surface area contributed by atoms with Crippen molar-refractivity contribution in [1.82, 2.24) is 0 Å². The van der Waals surface area contributed by atoms with E-state index in [4.69, 9.17) is 4.74 Å². The summed E-state index contributed by atoms with van der Waals surface area (Å²) in [6, 6.07) is 9.20. The summed E-state index contributed by atoms with van der Waals surface area (Å²) in [4.78, 5) is 23.3. The number of ether oxygens (including phenoxy) is 2. The van der Waals surface area contributed by atoms with Crippen molar-refractivity contribution in [1.29, 1.82) is 0 Å². The van der Waals surface area contributed by atoms with Gasteiger partial charge in [0.25, 0.3) is 0 Å². The van der Waals surface area contributed by atoms with E-state index in [0.29, 0.717) is 23.8 Å². The maximum Gasteiger partial charge on any atom is 0.338 e. The number of allylic oxidation sites excluding steroid dienone is 8. The van der Waals surface area contributed by atoms with Crippen LogP contribution in [0.1, 0.15) is 62.2 Å². The van der Waals surface area contributed by atoms with Crippen LogP contribution in [-0.2, 0) is 14.3 Å². The molecule has 2 rings (SSSR count). The van der Waals surface area contributed by atoms with E-state index in [1.165, 1.54) is 7.11 Å². The third-order valence-corrected chi connectivity index (χ3v) is 5.50. The average Bonchev–Trinajstić information content (AvgIpc) is 3.59. The maximum absolute atomic E-state index is 12.3. The fraction of sp³-hybridized carbons (Fsp3) is 0.429. The van der Waals surface area contributed by atoms with E-state index < -0.39 is 0 Å². The summed E-state index contributed by atoms with van der Waals surface area (Å²) in [5, 5.41) is 0. The largest absolute Gasteiger partial charge is 0.469 e. The Morgan fingerprint density at radius 2 is 1.75 bits per heavy atom. The summed E-state index contributed by atoms with van der Waals surface area (Å²) < 4.78 is 10.4. The summed E-state index contributed by atoms with van der Waals surface area (Å²) in [5.74, 6) is 0.549. The number of rotatable bonds is 14. The van der Waals surface area contributed by atoms with Crippen LogP contribution < -0.4 is 0 Å². The quantitative estimate of drug-likeness (QED) is 0.143. The fourth-order valence-corrected chi connectivity index (χ4v) is 3.53. The Morgan fingerprint density at radius 3 is 2.47 bits per heavy atom. The molecule has 1 aromatic carbocycles. The second kappa shape index (κ2) is 15.0. The molecule has 0 amide bonds. The summed E-state index contributed by atoms with van der Waals surface area (Å²) in [5.41, 5.74) is 0.615. The zero-order valence-corrected chi connectivity index (χ0v) is 19.3. The van der Waals surface area contributed by atoms with Gasteiger partial charge < -0.3 is 9.47 Å². The maximum atomic E-state index is 12.3. The van der Waals surface area contributed by atoms with E-state index >= 15 is 0 Å². The average molecular weight is 437 g/mol. The van der Waals surface area contributed by atoms with Gasteiger partial charge in [0.05, 0.1) is 12.7 Å². The van der Waals surface area contributed by atoms with E-state index in [2.05, 4.69) is 60.3 Å². The molecule has 32 heavy (non-hydrogen) atoms. The van der Waals surface area contributed by atoms with Crippen molar-refractivity contribution < 1.29 is 19.1 Å². The summed E-state index contributed by atoms with van der Waals surface area (Å²) >= 11 is 0. The third kappa shape index (κ3) is 9.95. The monoisotopic (exact) mass is 436 g/mol. The Morgan fingerprint density at radius 1 is 1.03 bits per heavy atom. The van der Waals surface area contributed by atoms with Crippen LogP contribution in [-0.4, -0.2) is 25.2 Å². The molecule has 0 radical (unpaired) electrons. The molecule has 0 unspecified atom stereocenters. The van der Waals surface area contributed by atoms with Gasteiger partial charge in [-0.25, -0.2) is 4.79 Å². The van der Waals surface area contributed by atoms with E-state index in [1.54, 1.807) is 12.1 Å². The van der Waals surface area contributed by atoms with Crippen molar-refractivity contribution in [3.05, 3.63) is 84.5 Å². The first-order chi connectivity index (χ1) is 15.7. The van der Waals surface area contributed by atoms with Gasteiger partial charge >= 0.3 is 11.9 Å². The standard InChI is InChI=1S/C28H36O4/c1-3-26(32-28(30)23-18-15-13-16-19-23)25-22-24(25)20-14-11-9-7-5-4-6-8-10-12-17-21-27(29)31-2/h4-5,8-11,13-16,18-20,24-26H,3,6-7,12,17,21-22H2,1-2H3/b5-4-,10-8-,11-9-,20-14+/t24-,25+,26-/m1/s1. The molecule has 4 heteroatoms. The highest BCUT2D eigenvalue weighted by atomic mass is 16.5. The van der Waals surface area contributed by atoms with Gasteiger partial charge in [-0.3, -0.25) is 4.79 Å². The van der Waals surface area contributed by atoms with Crippen LogP contribution in [0, 0.1) is 11.8 Å². The van der Waals surface area contributed by atoms with Gasteiger partial charge in [0.15, 0.2) is 0 Å². The lowest BCUT2D eigenvalue weighted by atomic mass is 10.1. The van der Waals surface area contributed by atoms with Crippen molar-refractivity contribution in [2.24, 2.45) is 11.8 Å². The zero-order chi connectivity index (χ0) is 23.0. The highest BCUT2D eigenvalue weighted by molar-refractivity contribution is 5.89. The molecule has 1 saturated carbocycles. The molecule has 0 saturated heterocycles. The molecule has 0 aromatic heterocycles. The third-order valence-electron chi connectivity index (χ3n) is 5.50. The Kier molecular flexibility index (Phi) is 11.9. The number of hydrogen-bond acceptors (Lipinski definition) is 4. The Balaban J connectivity index is 1.58. The van der Waals surface area contributed by atoms with Crippen molar-refractivity contribution in [3.8, 4) is 0 Å². The molecule has 0 heterocycles. The minimum atomic E-state index is -0.227. The molecular weight excluding hydrogens is 400 g/mol. The topological polar surface area (TPSA) is 52.6 Å². The number of carbonyl (C=O) groups is 2. The predicted octanol–water partition coefficient (Wildman–Crippen LogP) is 6.61. The van der Waals surface area contributed by atoms with Crippen LogP contribution >= 0.6 is 0 Å². The SMILES string of the molecule is CC[C@@H](OC(=O)c1ccccc1)[C@H]1C[C@H]1/C=C/C=C\C/C=C\C/C=C\CCCC(=O)OC. The molecule has 3 atom stereocenters. The van der Waals surface area contributed by atoms with Crippen LogP contribution in [0.3, 0.4) is 0 Å². The molecule has 0 aliphatic heterocycles. The Labute approximate surface area is 192 Å². The molecule has 0 N–H and O–H groups in total. The van der Waals surface area contributed by atoms with E-state index in [0.717, 1.165) is 38.5 Å².